The summed E-state index contributed by atoms with van der Waals surface area (Å²) in [4.78, 5) is 0. The smallest absolute Gasteiger partial charge is 0.137 e. The first-order valence-electron chi connectivity index (χ1n) is 6.08. The normalized spacial score (nSPS) is 14.4. The molecule has 0 aliphatic rings. The standard InChI is InChI=1S/C14H23O2S/c1-4-5-10-17(3)11-14(15)12-6-8-13(16-2)9-7-12/h6-9,14-15H,4-5,10-11H2,1-3H3/q+1/t14-,17?/m1/s1. The number of benzene rings is 1. The fourth-order valence-corrected chi connectivity index (χ4v) is 3.35. The molecule has 1 rings (SSSR count). The monoisotopic (exact) mass is 255 g/mol. The van der Waals surface area contributed by atoms with Crippen molar-refractivity contribution in [1.29, 1.82) is 0 Å². The molecule has 0 radical (unpaired) electrons. The Morgan fingerprint density at radius 3 is 2.47 bits per heavy atom. The Balaban J connectivity index is 2.47. The summed E-state index contributed by atoms with van der Waals surface area (Å²) in [6, 6.07) is 7.69. The van der Waals surface area contributed by atoms with E-state index >= 15 is 0 Å². The maximum absolute atomic E-state index is 10.1. The van der Waals surface area contributed by atoms with Crippen LogP contribution < -0.4 is 4.74 Å². The quantitative estimate of drug-likeness (QED) is 0.759. The van der Waals surface area contributed by atoms with Crippen LogP contribution in [0.25, 0.3) is 0 Å². The van der Waals surface area contributed by atoms with Crippen molar-refractivity contribution in [2.45, 2.75) is 25.9 Å². The molecule has 3 heteroatoms. The summed E-state index contributed by atoms with van der Waals surface area (Å²) < 4.78 is 5.10. The molecule has 1 aromatic carbocycles. The highest BCUT2D eigenvalue weighted by Gasteiger charge is 2.18. The zero-order chi connectivity index (χ0) is 12.7. The lowest BCUT2D eigenvalue weighted by Gasteiger charge is -2.11. The number of unbranched alkanes of at least 4 members (excludes halogenated alkanes) is 1. The minimum Gasteiger partial charge on any atom is -0.497 e. The fraction of sp³-hybridized carbons (Fsp3) is 0.571. The van der Waals surface area contributed by atoms with Gasteiger partial charge in [-0.05, 0) is 35.0 Å². The first-order valence-corrected chi connectivity index (χ1v) is 8.05. The van der Waals surface area contributed by atoms with Gasteiger partial charge in [-0.3, -0.25) is 0 Å². The van der Waals surface area contributed by atoms with Gasteiger partial charge >= 0.3 is 0 Å². The first-order chi connectivity index (χ1) is 8.17. The number of aliphatic hydroxyl groups excluding tert-OH is 1. The van der Waals surface area contributed by atoms with Crippen molar-refractivity contribution in [2.75, 3.05) is 24.9 Å². The van der Waals surface area contributed by atoms with Crippen LogP contribution in [-0.2, 0) is 10.9 Å². The van der Waals surface area contributed by atoms with Crippen molar-refractivity contribution in [3.63, 3.8) is 0 Å². The second-order valence-electron chi connectivity index (χ2n) is 4.29. The molecule has 1 unspecified atom stereocenters. The second kappa shape index (κ2) is 7.62. The molecule has 1 N–H and O–H groups in total. The maximum Gasteiger partial charge on any atom is 0.137 e. The van der Waals surface area contributed by atoms with Crippen molar-refractivity contribution in [1.82, 2.24) is 0 Å². The predicted octanol–water partition coefficient (Wildman–Crippen LogP) is 2.78. The Morgan fingerprint density at radius 1 is 1.29 bits per heavy atom. The number of hydrogen-bond donors (Lipinski definition) is 1. The molecule has 0 spiro atoms. The third-order valence-electron chi connectivity index (χ3n) is 2.79. The summed E-state index contributed by atoms with van der Waals surface area (Å²) >= 11 is 0. The number of methoxy groups -OCH3 is 1. The molecule has 0 bridgehead atoms. The van der Waals surface area contributed by atoms with Crippen LogP contribution in [0.1, 0.15) is 31.4 Å². The molecule has 2 nitrogen and oxygen atoms in total. The average molecular weight is 255 g/mol. The van der Waals surface area contributed by atoms with Crippen LogP contribution in [0.4, 0.5) is 0 Å². The van der Waals surface area contributed by atoms with Gasteiger partial charge in [0.2, 0.25) is 0 Å². The van der Waals surface area contributed by atoms with Crippen molar-refractivity contribution >= 4 is 10.9 Å². The van der Waals surface area contributed by atoms with Crippen LogP contribution in [0.2, 0.25) is 0 Å². The Kier molecular flexibility index (Phi) is 6.45. The summed E-state index contributed by atoms with van der Waals surface area (Å²) in [6.07, 6.45) is 4.39. The van der Waals surface area contributed by atoms with E-state index in [1.165, 1.54) is 18.6 Å². The fourth-order valence-electron chi connectivity index (χ4n) is 1.67. The van der Waals surface area contributed by atoms with Gasteiger partial charge in [-0.2, -0.15) is 0 Å². The molecule has 0 aromatic heterocycles. The summed E-state index contributed by atoms with van der Waals surface area (Å²) in [7, 11) is 1.96. The Hall–Kier alpha value is -0.670. The minimum atomic E-state index is -0.342. The van der Waals surface area contributed by atoms with Gasteiger partial charge < -0.3 is 9.84 Å². The van der Waals surface area contributed by atoms with Crippen molar-refractivity contribution in [3.05, 3.63) is 29.8 Å². The number of aliphatic hydroxyl groups is 1. The minimum absolute atomic E-state index is 0.311. The number of rotatable bonds is 7. The molecule has 0 amide bonds. The van der Waals surface area contributed by atoms with Crippen LogP contribution in [0, 0.1) is 0 Å². The first kappa shape index (κ1) is 14.4. The zero-order valence-electron chi connectivity index (χ0n) is 11.0. The van der Waals surface area contributed by atoms with Gasteiger partial charge in [0.25, 0.3) is 0 Å². The molecular weight excluding hydrogens is 232 g/mol. The Labute approximate surface area is 107 Å². The lowest BCUT2D eigenvalue weighted by Crippen LogP contribution is -2.16. The Bertz CT molecular complexity index is 311. The lowest BCUT2D eigenvalue weighted by atomic mass is 10.1. The highest BCUT2D eigenvalue weighted by atomic mass is 32.2. The largest absolute Gasteiger partial charge is 0.497 e. The van der Waals surface area contributed by atoms with Gasteiger partial charge in [0.1, 0.15) is 23.4 Å². The van der Waals surface area contributed by atoms with E-state index in [0.29, 0.717) is 10.9 Å². The molecule has 17 heavy (non-hydrogen) atoms. The zero-order valence-corrected chi connectivity index (χ0v) is 11.8. The topological polar surface area (TPSA) is 29.5 Å². The van der Waals surface area contributed by atoms with Crippen LogP contribution in [0.3, 0.4) is 0 Å². The molecule has 0 heterocycles. The highest BCUT2D eigenvalue weighted by molar-refractivity contribution is 7.96. The molecule has 0 fully saturated rings. The molecule has 1 aromatic rings. The van der Waals surface area contributed by atoms with Gasteiger partial charge in [-0.1, -0.05) is 25.5 Å². The average Bonchev–Trinajstić information content (AvgIpc) is 2.36. The van der Waals surface area contributed by atoms with E-state index in [-0.39, 0.29) is 6.10 Å². The number of ether oxygens (including phenoxy) is 1. The van der Waals surface area contributed by atoms with Crippen LogP contribution in [0.15, 0.2) is 24.3 Å². The summed E-state index contributed by atoms with van der Waals surface area (Å²) in [5.41, 5.74) is 0.988. The lowest BCUT2D eigenvalue weighted by molar-refractivity contribution is 0.203. The van der Waals surface area contributed by atoms with Gasteiger partial charge in [-0.25, -0.2) is 0 Å². The summed E-state index contributed by atoms with van der Waals surface area (Å²) in [5.74, 6) is 2.93. The van der Waals surface area contributed by atoms with E-state index in [0.717, 1.165) is 17.1 Å². The highest BCUT2D eigenvalue weighted by Crippen LogP contribution is 2.19. The summed E-state index contributed by atoms with van der Waals surface area (Å²) in [5, 5.41) is 10.1. The van der Waals surface area contributed by atoms with E-state index < -0.39 is 0 Å². The van der Waals surface area contributed by atoms with Gasteiger partial charge in [-0.15, -0.1) is 0 Å². The van der Waals surface area contributed by atoms with Crippen molar-refractivity contribution in [2.24, 2.45) is 0 Å². The van der Waals surface area contributed by atoms with Crippen LogP contribution in [-0.4, -0.2) is 30.0 Å². The predicted molar refractivity (Wildman–Crippen MR) is 75.9 cm³/mol. The molecule has 0 saturated carbocycles. The summed E-state index contributed by atoms with van der Waals surface area (Å²) in [6.45, 7) is 2.21. The molecule has 96 valence electrons. The Morgan fingerprint density at radius 2 is 1.94 bits per heavy atom. The SMILES string of the molecule is CCCC[S+](C)C[C@@H](O)c1ccc(OC)cc1. The molecule has 2 atom stereocenters. The second-order valence-corrected chi connectivity index (χ2v) is 6.60. The number of hydrogen-bond acceptors (Lipinski definition) is 2. The van der Waals surface area contributed by atoms with E-state index in [4.69, 9.17) is 4.74 Å². The van der Waals surface area contributed by atoms with E-state index in [1.807, 2.05) is 24.3 Å². The van der Waals surface area contributed by atoms with Gasteiger partial charge in [0.15, 0.2) is 0 Å². The van der Waals surface area contributed by atoms with Gasteiger partial charge in [0, 0.05) is 0 Å². The molecule has 0 aliphatic heterocycles. The van der Waals surface area contributed by atoms with Gasteiger partial charge in [0.05, 0.1) is 13.4 Å². The van der Waals surface area contributed by atoms with Crippen LogP contribution >= 0.6 is 0 Å². The van der Waals surface area contributed by atoms with E-state index in [1.54, 1.807) is 7.11 Å². The molecule has 0 saturated heterocycles. The maximum atomic E-state index is 10.1. The van der Waals surface area contributed by atoms with E-state index in [2.05, 4.69) is 13.2 Å². The van der Waals surface area contributed by atoms with Crippen LogP contribution in [0.5, 0.6) is 5.75 Å². The van der Waals surface area contributed by atoms with E-state index in [9.17, 15) is 5.11 Å². The third kappa shape index (κ3) is 5.00. The van der Waals surface area contributed by atoms with Crippen molar-refractivity contribution < 1.29 is 9.84 Å². The third-order valence-corrected chi connectivity index (χ3v) is 4.66. The molecular formula is C14H23O2S+. The molecule has 0 aliphatic carbocycles. The van der Waals surface area contributed by atoms with Crippen molar-refractivity contribution in [3.8, 4) is 5.75 Å².